The molecule has 0 bridgehead atoms. The third-order valence-electron chi connectivity index (χ3n) is 7.76. The number of benzene rings is 2. The van der Waals surface area contributed by atoms with Gasteiger partial charge in [0.2, 0.25) is 5.91 Å². The molecule has 2 aliphatic rings. The minimum atomic E-state index is -0.462. The number of nitrogens with one attached hydrogen (secondary N) is 1. The highest BCUT2D eigenvalue weighted by molar-refractivity contribution is 7.10. The lowest BCUT2D eigenvalue weighted by atomic mass is 9.81. The van der Waals surface area contributed by atoms with Gasteiger partial charge in [0.05, 0.1) is 18.6 Å². The molecule has 2 aromatic carbocycles. The Morgan fingerprint density at radius 3 is 2.44 bits per heavy atom. The molecule has 2 atom stereocenters. The minimum absolute atomic E-state index is 0.0246. The van der Waals surface area contributed by atoms with Crippen molar-refractivity contribution in [2.24, 2.45) is 0 Å². The molecule has 5 rings (SSSR count). The summed E-state index contributed by atoms with van der Waals surface area (Å²) in [6.07, 6.45) is 0.898. The van der Waals surface area contributed by atoms with Gasteiger partial charge in [-0.2, -0.15) is 0 Å². The van der Waals surface area contributed by atoms with Crippen LogP contribution in [0.4, 0.5) is 0 Å². The van der Waals surface area contributed by atoms with Crippen LogP contribution < -0.4 is 5.32 Å². The van der Waals surface area contributed by atoms with Crippen molar-refractivity contribution in [2.45, 2.75) is 24.9 Å². The smallest absolute Gasteiger partial charge is 0.254 e. The van der Waals surface area contributed by atoms with Gasteiger partial charge in [-0.15, -0.1) is 11.3 Å². The average molecular weight is 547 g/mol. The monoisotopic (exact) mass is 546 g/mol. The molecule has 7 nitrogen and oxygen atoms in total. The normalized spacial score (nSPS) is 20.1. The highest BCUT2D eigenvalue weighted by Crippen LogP contribution is 2.44. The summed E-state index contributed by atoms with van der Waals surface area (Å²) in [6, 6.07) is 21.8. The maximum Gasteiger partial charge on any atom is 0.254 e. The van der Waals surface area contributed by atoms with E-state index in [0.717, 1.165) is 56.1 Å². The molecule has 0 unspecified atom stereocenters. The fraction of sp³-hybridized carbons (Fsp3) is 0.419. The van der Waals surface area contributed by atoms with Gasteiger partial charge in [-0.25, -0.2) is 0 Å². The number of amides is 2. The summed E-state index contributed by atoms with van der Waals surface area (Å²) >= 11 is 1.59. The fourth-order valence-corrected chi connectivity index (χ4v) is 6.60. The molecule has 0 radical (unpaired) electrons. The molecule has 0 saturated carbocycles. The van der Waals surface area contributed by atoms with Crippen LogP contribution in [0.2, 0.25) is 0 Å². The van der Waals surface area contributed by atoms with Crippen LogP contribution in [-0.2, 0) is 16.1 Å². The Balaban J connectivity index is 1.19. The summed E-state index contributed by atoms with van der Waals surface area (Å²) in [5, 5.41) is 5.22. The molecule has 1 aromatic heterocycles. The zero-order valence-corrected chi connectivity index (χ0v) is 23.4. The van der Waals surface area contributed by atoms with Gasteiger partial charge in [0.1, 0.15) is 0 Å². The zero-order valence-electron chi connectivity index (χ0n) is 22.6. The SMILES string of the molecule is COCCN1C(=O)c2ccccc2[C@@H](C(=O)NCCCN2CCN(Cc3ccccc3)CC2)[C@H]1c1cccs1. The Bertz CT molecular complexity index is 1210. The predicted octanol–water partition coefficient (Wildman–Crippen LogP) is 4.00. The Morgan fingerprint density at radius 1 is 0.949 bits per heavy atom. The molecule has 8 heteroatoms. The van der Waals surface area contributed by atoms with Gasteiger partial charge in [-0.3, -0.25) is 14.5 Å². The number of nitrogens with zero attached hydrogens (tertiary/aromatic N) is 3. The molecule has 1 saturated heterocycles. The number of ether oxygens (including phenoxy) is 1. The third kappa shape index (κ3) is 6.58. The van der Waals surface area contributed by atoms with Crippen molar-refractivity contribution in [3.63, 3.8) is 0 Å². The Kier molecular flexibility index (Phi) is 9.42. The number of methoxy groups -OCH3 is 1. The van der Waals surface area contributed by atoms with Crippen molar-refractivity contribution in [1.29, 1.82) is 0 Å². The van der Waals surface area contributed by atoms with E-state index in [1.807, 2.05) is 46.7 Å². The van der Waals surface area contributed by atoms with Gasteiger partial charge >= 0.3 is 0 Å². The zero-order chi connectivity index (χ0) is 27.0. The van der Waals surface area contributed by atoms with Crippen molar-refractivity contribution in [3.05, 3.63) is 93.7 Å². The number of hydrogen-bond acceptors (Lipinski definition) is 6. The highest BCUT2D eigenvalue weighted by atomic mass is 32.1. The van der Waals surface area contributed by atoms with Crippen LogP contribution in [0.5, 0.6) is 0 Å². The van der Waals surface area contributed by atoms with Crippen molar-refractivity contribution >= 4 is 23.2 Å². The average Bonchev–Trinajstić information content (AvgIpc) is 3.51. The number of piperazine rings is 1. The van der Waals surface area contributed by atoms with Gasteiger partial charge in [-0.1, -0.05) is 54.6 Å². The molecule has 2 amide bonds. The van der Waals surface area contributed by atoms with Gasteiger partial charge in [0.25, 0.3) is 5.91 Å². The molecule has 3 heterocycles. The molecule has 0 aliphatic carbocycles. The van der Waals surface area contributed by atoms with Crippen molar-refractivity contribution < 1.29 is 14.3 Å². The Morgan fingerprint density at radius 2 is 1.69 bits per heavy atom. The van der Waals surface area contributed by atoms with Crippen LogP contribution in [0.25, 0.3) is 0 Å². The number of carbonyl (C=O) groups is 2. The maximum absolute atomic E-state index is 13.8. The predicted molar refractivity (Wildman–Crippen MR) is 155 cm³/mol. The molecule has 1 N–H and O–H groups in total. The molecule has 206 valence electrons. The Labute approximate surface area is 235 Å². The number of hydrogen-bond donors (Lipinski definition) is 1. The number of carbonyl (C=O) groups excluding carboxylic acids is 2. The molecule has 3 aromatic rings. The first-order valence-corrected chi connectivity index (χ1v) is 14.7. The molecule has 0 spiro atoms. The summed E-state index contributed by atoms with van der Waals surface area (Å²) in [7, 11) is 1.63. The first kappa shape index (κ1) is 27.5. The summed E-state index contributed by atoms with van der Waals surface area (Å²) in [6.45, 7) is 7.67. The number of rotatable bonds is 11. The standard InChI is InChI=1S/C31H38N4O3S/c1-38-21-20-35-29(27-13-7-22-39-27)28(25-11-5-6-12-26(25)31(35)37)30(36)32-14-8-15-33-16-18-34(19-17-33)23-24-9-3-2-4-10-24/h2-7,9-13,22,28-29H,8,14-21,23H2,1H3,(H,32,36)/t28-,29-/m1/s1. The fourth-order valence-electron chi connectivity index (χ4n) is 5.72. The van der Waals surface area contributed by atoms with Crippen LogP contribution in [0.1, 0.15) is 44.7 Å². The lowest BCUT2D eigenvalue weighted by molar-refractivity contribution is -0.124. The van der Waals surface area contributed by atoms with Crippen molar-refractivity contribution in [2.75, 3.05) is 59.5 Å². The second-order valence-electron chi connectivity index (χ2n) is 10.3. The van der Waals surface area contributed by atoms with Crippen LogP contribution in [-0.4, -0.2) is 86.0 Å². The van der Waals surface area contributed by atoms with E-state index in [9.17, 15) is 9.59 Å². The van der Waals surface area contributed by atoms with Crippen molar-refractivity contribution in [3.8, 4) is 0 Å². The molecule has 2 aliphatic heterocycles. The van der Waals surface area contributed by atoms with E-state index < -0.39 is 5.92 Å². The molecule has 1 fully saturated rings. The summed E-state index contributed by atoms with van der Waals surface area (Å²) in [4.78, 5) is 35.1. The first-order valence-electron chi connectivity index (χ1n) is 13.8. The van der Waals surface area contributed by atoms with Crippen LogP contribution in [0, 0.1) is 0 Å². The Hall–Kier alpha value is -3.04. The quantitative estimate of drug-likeness (QED) is 0.369. The van der Waals surface area contributed by atoms with E-state index in [0.29, 0.717) is 25.3 Å². The van der Waals surface area contributed by atoms with Crippen molar-refractivity contribution in [1.82, 2.24) is 20.0 Å². The second-order valence-corrected chi connectivity index (χ2v) is 11.2. The summed E-state index contributed by atoms with van der Waals surface area (Å²) < 4.78 is 5.32. The topological polar surface area (TPSA) is 65.1 Å². The molecular formula is C31H38N4O3S. The minimum Gasteiger partial charge on any atom is -0.383 e. The third-order valence-corrected chi connectivity index (χ3v) is 8.70. The molecule has 39 heavy (non-hydrogen) atoms. The van der Waals surface area contributed by atoms with E-state index in [-0.39, 0.29) is 17.9 Å². The maximum atomic E-state index is 13.8. The number of fused-ring (bicyclic) bond motifs is 1. The van der Waals surface area contributed by atoms with Gasteiger partial charge in [0.15, 0.2) is 0 Å². The van der Waals surface area contributed by atoms with E-state index in [1.54, 1.807) is 18.4 Å². The lowest BCUT2D eigenvalue weighted by Crippen LogP contribution is -2.48. The molecular weight excluding hydrogens is 508 g/mol. The van der Waals surface area contributed by atoms with E-state index in [2.05, 4.69) is 45.4 Å². The van der Waals surface area contributed by atoms with E-state index in [4.69, 9.17) is 4.74 Å². The largest absolute Gasteiger partial charge is 0.383 e. The lowest BCUT2D eigenvalue weighted by Gasteiger charge is -2.41. The van der Waals surface area contributed by atoms with Crippen LogP contribution in [0.3, 0.4) is 0 Å². The van der Waals surface area contributed by atoms with Crippen LogP contribution >= 0.6 is 11.3 Å². The van der Waals surface area contributed by atoms with Gasteiger partial charge in [-0.05, 0) is 41.6 Å². The van der Waals surface area contributed by atoms with E-state index in [1.165, 1.54) is 5.56 Å². The van der Waals surface area contributed by atoms with Crippen LogP contribution in [0.15, 0.2) is 72.1 Å². The van der Waals surface area contributed by atoms with Gasteiger partial charge < -0.3 is 19.9 Å². The van der Waals surface area contributed by atoms with E-state index >= 15 is 0 Å². The highest BCUT2D eigenvalue weighted by Gasteiger charge is 2.44. The van der Waals surface area contributed by atoms with Gasteiger partial charge in [0, 0.05) is 63.4 Å². The first-order chi connectivity index (χ1) is 19.2. The summed E-state index contributed by atoms with van der Waals surface area (Å²) in [5.74, 6) is -0.532. The second kappa shape index (κ2) is 13.3. The number of thiophene rings is 1. The summed E-state index contributed by atoms with van der Waals surface area (Å²) in [5.41, 5.74) is 2.78.